The molecule has 4 rings (SSSR count). The van der Waals surface area contributed by atoms with E-state index in [1.807, 2.05) is 24.3 Å². The molecule has 0 unspecified atom stereocenters. The Bertz CT molecular complexity index is 1130. The van der Waals surface area contributed by atoms with Gasteiger partial charge in [0.25, 0.3) is 5.56 Å². The Morgan fingerprint density at radius 2 is 1.88 bits per heavy atom. The molecular formula is C23H30N6O3. The monoisotopic (exact) mass is 438 g/mol. The first-order valence-corrected chi connectivity index (χ1v) is 11.2. The van der Waals surface area contributed by atoms with Crippen LogP contribution in [-0.2, 0) is 11.3 Å². The molecule has 1 fully saturated rings. The zero-order valence-electron chi connectivity index (χ0n) is 18.7. The number of nitrogens with zero attached hydrogens (tertiary/aromatic N) is 5. The Kier molecular flexibility index (Phi) is 6.84. The van der Waals surface area contributed by atoms with E-state index < -0.39 is 0 Å². The van der Waals surface area contributed by atoms with Gasteiger partial charge in [0, 0.05) is 12.1 Å². The summed E-state index contributed by atoms with van der Waals surface area (Å²) in [6.07, 6.45) is 4.74. The third-order valence-corrected chi connectivity index (χ3v) is 5.84. The predicted octanol–water partition coefficient (Wildman–Crippen LogP) is 1.87. The number of fused-ring (bicyclic) bond motifs is 1. The molecule has 1 aliphatic rings. The summed E-state index contributed by atoms with van der Waals surface area (Å²) in [6.45, 7) is 5.55. The third kappa shape index (κ3) is 4.99. The van der Waals surface area contributed by atoms with Gasteiger partial charge in [-0.05, 0) is 76.2 Å². The summed E-state index contributed by atoms with van der Waals surface area (Å²) in [5, 5.41) is 11.7. The molecule has 9 nitrogen and oxygen atoms in total. The van der Waals surface area contributed by atoms with E-state index in [9.17, 15) is 9.59 Å². The molecule has 3 heterocycles. The second kappa shape index (κ2) is 9.95. The summed E-state index contributed by atoms with van der Waals surface area (Å²) in [6, 6.07) is 9.20. The number of likely N-dealkylation sites (tertiary alicyclic amines) is 1. The maximum absolute atomic E-state index is 12.9. The summed E-state index contributed by atoms with van der Waals surface area (Å²) in [5.74, 6) is 1.08. The van der Waals surface area contributed by atoms with Gasteiger partial charge in [-0.15, -0.1) is 0 Å². The highest BCUT2D eigenvalue weighted by molar-refractivity contribution is 5.75. The number of methoxy groups -OCH3 is 1. The number of benzene rings is 1. The summed E-state index contributed by atoms with van der Waals surface area (Å²) in [4.78, 5) is 27.8. The van der Waals surface area contributed by atoms with Crippen LogP contribution in [0, 0.1) is 6.92 Å². The topological polar surface area (TPSA) is 93.8 Å². The number of nitrogens with one attached hydrogen (secondary N) is 1. The van der Waals surface area contributed by atoms with Crippen molar-refractivity contribution < 1.29 is 9.53 Å². The van der Waals surface area contributed by atoms with Crippen molar-refractivity contribution in [3.05, 3.63) is 46.5 Å². The van der Waals surface area contributed by atoms with E-state index in [0.29, 0.717) is 23.6 Å². The second-order valence-corrected chi connectivity index (χ2v) is 8.17. The van der Waals surface area contributed by atoms with Gasteiger partial charge in [-0.3, -0.25) is 9.59 Å². The summed E-state index contributed by atoms with van der Waals surface area (Å²) < 4.78 is 7.93. The Balaban J connectivity index is 1.41. The summed E-state index contributed by atoms with van der Waals surface area (Å²) in [5.41, 5.74) is 1.58. The van der Waals surface area contributed by atoms with E-state index >= 15 is 0 Å². The lowest BCUT2D eigenvalue weighted by atomic mass is 10.1. The van der Waals surface area contributed by atoms with E-state index in [1.54, 1.807) is 20.1 Å². The van der Waals surface area contributed by atoms with E-state index in [1.165, 1.54) is 28.5 Å². The number of aryl methyl sites for hydroxylation is 1. The van der Waals surface area contributed by atoms with E-state index in [-0.39, 0.29) is 18.0 Å². The zero-order valence-corrected chi connectivity index (χ0v) is 18.7. The van der Waals surface area contributed by atoms with Crippen LogP contribution >= 0.6 is 0 Å². The quantitative estimate of drug-likeness (QED) is 0.540. The van der Waals surface area contributed by atoms with Crippen LogP contribution in [0.25, 0.3) is 16.8 Å². The fourth-order valence-electron chi connectivity index (χ4n) is 4.09. The molecule has 0 saturated carbocycles. The maximum atomic E-state index is 12.9. The number of hydrogen-bond acceptors (Lipinski definition) is 6. The van der Waals surface area contributed by atoms with E-state index in [0.717, 1.165) is 37.4 Å². The highest BCUT2D eigenvalue weighted by Crippen LogP contribution is 2.22. The van der Waals surface area contributed by atoms with Gasteiger partial charge in [0.05, 0.1) is 12.8 Å². The SMILES string of the molecule is COc1ccc(-c2cc3c(=O)n(CC(=O)NCCCN4CCCCC4)nc(C)n3n2)cc1. The van der Waals surface area contributed by atoms with Gasteiger partial charge in [-0.1, -0.05) is 6.42 Å². The minimum atomic E-state index is -0.341. The molecule has 0 radical (unpaired) electrons. The Labute approximate surface area is 187 Å². The zero-order chi connectivity index (χ0) is 22.5. The molecule has 1 amide bonds. The first-order chi connectivity index (χ1) is 15.5. The minimum absolute atomic E-state index is 0.108. The van der Waals surface area contributed by atoms with E-state index in [2.05, 4.69) is 20.4 Å². The standard InChI is InChI=1S/C23H30N6O3/c1-17-25-28(16-22(30)24-11-6-14-27-12-4-3-5-13-27)23(31)21-15-20(26-29(17)21)18-7-9-19(32-2)10-8-18/h7-10,15H,3-6,11-14,16H2,1-2H3,(H,24,30). The molecule has 0 atom stereocenters. The molecule has 170 valence electrons. The molecule has 32 heavy (non-hydrogen) atoms. The van der Waals surface area contributed by atoms with Crippen LogP contribution in [0.5, 0.6) is 5.75 Å². The van der Waals surface area contributed by atoms with Gasteiger partial charge in [-0.2, -0.15) is 10.2 Å². The molecule has 2 aromatic heterocycles. The maximum Gasteiger partial charge on any atom is 0.293 e. The van der Waals surface area contributed by atoms with Gasteiger partial charge in [0.2, 0.25) is 5.91 Å². The molecule has 1 aromatic carbocycles. The van der Waals surface area contributed by atoms with Crippen molar-refractivity contribution in [2.45, 2.75) is 39.2 Å². The van der Waals surface area contributed by atoms with Crippen molar-refractivity contribution in [3.63, 3.8) is 0 Å². The van der Waals surface area contributed by atoms with Crippen molar-refractivity contribution in [2.24, 2.45) is 0 Å². The van der Waals surface area contributed by atoms with Crippen LogP contribution < -0.4 is 15.6 Å². The lowest BCUT2D eigenvalue weighted by Gasteiger charge is -2.26. The van der Waals surface area contributed by atoms with Crippen LogP contribution in [0.15, 0.2) is 35.1 Å². The van der Waals surface area contributed by atoms with Crippen molar-refractivity contribution in [1.82, 2.24) is 29.6 Å². The van der Waals surface area contributed by atoms with Crippen molar-refractivity contribution >= 4 is 11.4 Å². The predicted molar refractivity (Wildman–Crippen MR) is 122 cm³/mol. The lowest BCUT2D eigenvalue weighted by Crippen LogP contribution is -2.37. The molecule has 0 spiro atoms. The highest BCUT2D eigenvalue weighted by Gasteiger charge is 2.15. The number of aromatic nitrogens is 4. The van der Waals surface area contributed by atoms with Gasteiger partial charge in [0.15, 0.2) is 0 Å². The molecule has 1 N–H and O–H groups in total. The average molecular weight is 439 g/mol. The molecular weight excluding hydrogens is 408 g/mol. The van der Waals surface area contributed by atoms with Crippen LogP contribution in [0.3, 0.4) is 0 Å². The van der Waals surface area contributed by atoms with Crippen molar-refractivity contribution in [3.8, 4) is 17.0 Å². The van der Waals surface area contributed by atoms with Gasteiger partial charge in [0.1, 0.15) is 23.6 Å². The molecule has 0 bridgehead atoms. The number of piperidine rings is 1. The fourth-order valence-corrected chi connectivity index (χ4v) is 4.09. The van der Waals surface area contributed by atoms with Crippen molar-refractivity contribution in [1.29, 1.82) is 0 Å². The molecule has 3 aromatic rings. The van der Waals surface area contributed by atoms with Gasteiger partial charge < -0.3 is 15.0 Å². The first kappa shape index (κ1) is 22.0. The highest BCUT2D eigenvalue weighted by atomic mass is 16.5. The smallest absolute Gasteiger partial charge is 0.293 e. The number of hydrogen-bond donors (Lipinski definition) is 1. The number of ether oxygens (including phenoxy) is 1. The average Bonchev–Trinajstić information content (AvgIpc) is 3.27. The second-order valence-electron chi connectivity index (χ2n) is 8.17. The van der Waals surface area contributed by atoms with E-state index in [4.69, 9.17) is 4.74 Å². The Morgan fingerprint density at radius 3 is 2.59 bits per heavy atom. The van der Waals surface area contributed by atoms with Crippen LogP contribution in [0.4, 0.5) is 0 Å². The van der Waals surface area contributed by atoms with Gasteiger partial charge >= 0.3 is 0 Å². The number of carbonyl (C=O) groups is 1. The summed E-state index contributed by atoms with van der Waals surface area (Å²) >= 11 is 0. The molecule has 1 saturated heterocycles. The number of carbonyl (C=O) groups excluding carboxylic acids is 1. The number of amides is 1. The Morgan fingerprint density at radius 1 is 1.12 bits per heavy atom. The molecule has 0 aliphatic carbocycles. The van der Waals surface area contributed by atoms with Crippen LogP contribution in [0.1, 0.15) is 31.5 Å². The van der Waals surface area contributed by atoms with Crippen LogP contribution in [-0.4, -0.2) is 63.5 Å². The fraction of sp³-hybridized carbons (Fsp3) is 0.478. The first-order valence-electron chi connectivity index (χ1n) is 11.2. The lowest BCUT2D eigenvalue weighted by molar-refractivity contribution is -0.121. The van der Waals surface area contributed by atoms with Gasteiger partial charge in [-0.25, -0.2) is 9.20 Å². The Hall–Kier alpha value is -3.20. The summed E-state index contributed by atoms with van der Waals surface area (Å²) in [7, 11) is 1.61. The number of rotatable bonds is 8. The third-order valence-electron chi connectivity index (χ3n) is 5.84. The minimum Gasteiger partial charge on any atom is -0.497 e. The van der Waals surface area contributed by atoms with Crippen molar-refractivity contribution in [2.75, 3.05) is 33.3 Å². The van der Waals surface area contributed by atoms with Crippen LogP contribution in [0.2, 0.25) is 0 Å². The normalized spacial score (nSPS) is 14.6. The molecule has 1 aliphatic heterocycles. The largest absolute Gasteiger partial charge is 0.497 e. The molecule has 9 heteroatoms.